The minimum absolute atomic E-state index is 0.106. The highest BCUT2D eigenvalue weighted by molar-refractivity contribution is 7.89. The van der Waals surface area contributed by atoms with E-state index in [1.165, 1.54) is 19.2 Å². The van der Waals surface area contributed by atoms with Gasteiger partial charge in [0.25, 0.3) is 0 Å². The van der Waals surface area contributed by atoms with Gasteiger partial charge in [-0.05, 0) is 55.3 Å². The number of rotatable bonds is 7. The Bertz CT molecular complexity index is 1130. The lowest BCUT2D eigenvalue weighted by molar-refractivity contribution is -0.134. The molecule has 1 fully saturated rings. The molecule has 33 heavy (non-hydrogen) atoms. The molecule has 10 heteroatoms. The fourth-order valence-corrected chi connectivity index (χ4v) is 5.35. The summed E-state index contributed by atoms with van der Waals surface area (Å²) >= 11 is 0. The lowest BCUT2D eigenvalue weighted by atomic mass is 10.1. The van der Waals surface area contributed by atoms with Crippen LogP contribution in [0.5, 0.6) is 17.2 Å². The normalized spacial score (nSPS) is 17.1. The quantitative estimate of drug-likeness (QED) is 0.652. The zero-order chi connectivity index (χ0) is 23.6. The molecule has 2 heterocycles. The Kier molecular flexibility index (Phi) is 6.78. The molecule has 0 spiro atoms. The van der Waals surface area contributed by atoms with Gasteiger partial charge in [-0.2, -0.15) is 4.72 Å². The van der Waals surface area contributed by atoms with Gasteiger partial charge < -0.3 is 19.1 Å². The Morgan fingerprint density at radius 2 is 1.82 bits per heavy atom. The number of carbonyl (C=O) groups excluding carboxylic acids is 1. The van der Waals surface area contributed by atoms with Crippen LogP contribution < -0.4 is 18.9 Å². The SMILES string of the molecule is COc1ccc(S(=O)(=O)N[C@H](C)C(=O)N2CCN(Cc3ccc4c(c3)OCO4)CC2)cc1C. The van der Waals surface area contributed by atoms with Crippen LogP contribution in [0.15, 0.2) is 41.3 Å². The number of aryl methyl sites for hydroxylation is 1. The van der Waals surface area contributed by atoms with E-state index in [0.29, 0.717) is 37.5 Å². The Labute approximate surface area is 194 Å². The first-order valence-electron chi connectivity index (χ1n) is 10.8. The summed E-state index contributed by atoms with van der Waals surface area (Å²) in [5, 5.41) is 0. The van der Waals surface area contributed by atoms with Crippen LogP contribution in [-0.2, 0) is 21.4 Å². The molecule has 0 saturated carbocycles. The van der Waals surface area contributed by atoms with Crippen molar-refractivity contribution in [1.82, 2.24) is 14.5 Å². The molecule has 0 aromatic heterocycles. The number of fused-ring (bicyclic) bond motifs is 1. The molecular weight excluding hydrogens is 446 g/mol. The highest BCUT2D eigenvalue weighted by Gasteiger charge is 2.28. The van der Waals surface area contributed by atoms with Crippen molar-refractivity contribution in [2.24, 2.45) is 0 Å². The summed E-state index contributed by atoms with van der Waals surface area (Å²) in [7, 11) is -2.30. The average Bonchev–Trinajstić information content (AvgIpc) is 3.26. The molecule has 178 valence electrons. The van der Waals surface area contributed by atoms with Gasteiger partial charge in [0.2, 0.25) is 22.7 Å². The fourth-order valence-electron chi connectivity index (χ4n) is 4.07. The van der Waals surface area contributed by atoms with Gasteiger partial charge in [-0.15, -0.1) is 0 Å². The number of sulfonamides is 1. The Balaban J connectivity index is 1.31. The summed E-state index contributed by atoms with van der Waals surface area (Å²) in [5.74, 6) is 1.90. The van der Waals surface area contributed by atoms with Crippen LogP contribution in [0.1, 0.15) is 18.1 Å². The molecule has 1 atom stereocenters. The van der Waals surface area contributed by atoms with E-state index in [-0.39, 0.29) is 17.6 Å². The van der Waals surface area contributed by atoms with E-state index < -0.39 is 16.1 Å². The molecule has 1 saturated heterocycles. The fraction of sp³-hybridized carbons (Fsp3) is 0.435. The lowest BCUT2D eigenvalue weighted by Gasteiger charge is -2.36. The second-order valence-electron chi connectivity index (χ2n) is 8.26. The van der Waals surface area contributed by atoms with Crippen molar-refractivity contribution >= 4 is 15.9 Å². The zero-order valence-electron chi connectivity index (χ0n) is 19.0. The van der Waals surface area contributed by atoms with Gasteiger partial charge in [0.1, 0.15) is 5.75 Å². The standard InChI is InChI=1S/C23H29N3O6S/c1-16-12-19(5-7-20(16)30-3)33(28,29)24-17(2)23(27)26-10-8-25(9-11-26)14-18-4-6-21-22(13-18)32-15-31-21/h4-7,12-13,17,24H,8-11,14-15H2,1-3H3/t17-/m1/s1. The van der Waals surface area contributed by atoms with Crippen LogP contribution >= 0.6 is 0 Å². The third kappa shape index (κ3) is 5.23. The minimum Gasteiger partial charge on any atom is -0.496 e. The number of nitrogens with one attached hydrogen (secondary N) is 1. The Morgan fingerprint density at radius 1 is 1.09 bits per heavy atom. The third-order valence-electron chi connectivity index (χ3n) is 5.91. The first-order chi connectivity index (χ1) is 15.8. The predicted molar refractivity (Wildman–Crippen MR) is 122 cm³/mol. The molecule has 0 bridgehead atoms. The van der Waals surface area contributed by atoms with Crippen molar-refractivity contribution < 1.29 is 27.4 Å². The van der Waals surface area contributed by atoms with E-state index in [1.54, 1.807) is 24.8 Å². The molecule has 2 aromatic rings. The monoisotopic (exact) mass is 475 g/mol. The summed E-state index contributed by atoms with van der Waals surface area (Å²) in [6.45, 7) is 6.84. The van der Waals surface area contributed by atoms with Gasteiger partial charge in [0.15, 0.2) is 11.5 Å². The van der Waals surface area contributed by atoms with Crippen LogP contribution in [0.2, 0.25) is 0 Å². The number of hydrogen-bond acceptors (Lipinski definition) is 7. The van der Waals surface area contributed by atoms with Gasteiger partial charge >= 0.3 is 0 Å². The number of nitrogens with zero attached hydrogens (tertiary/aromatic N) is 2. The first kappa shape index (κ1) is 23.3. The van der Waals surface area contributed by atoms with Crippen molar-refractivity contribution in [3.8, 4) is 17.2 Å². The van der Waals surface area contributed by atoms with E-state index >= 15 is 0 Å². The number of piperazine rings is 1. The maximum Gasteiger partial charge on any atom is 0.241 e. The maximum atomic E-state index is 12.9. The highest BCUT2D eigenvalue weighted by atomic mass is 32.2. The smallest absolute Gasteiger partial charge is 0.241 e. The molecule has 4 rings (SSSR count). The predicted octanol–water partition coefficient (Wildman–Crippen LogP) is 1.74. The van der Waals surface area contributed by atoms with Crippen molar-refractivity contribution in [2.75, 3.05) is 40.1 Å². The highest BCUT2D eigenvalue weighted by Crippen LogP contribution is 2.32. The molecule has 1 amide bonds. The van der Waals surface area contributed by atoms with E-state index in [4.69, 9.17) is 14.2 Å². The molecule has 0 aliphatic carbocycles. The maximum absolute atomic E-state index is 12.9. The molecule has 2 aromatic carbocycles. The minimum atomic E-state index is -3.83. The molecule has 9 nitrogen and oxygen atoms in total. The van der Waals surface area contributed by atoms with E-state index in [9.17, 15) is 13.2 Å². The lowest BCUT2D eigenvalue weighted by Crippen LogP contribution is -2.53. The van der Waals surface area contributed by atoms with Gasteiger partial charge in [0, 0.05) is 32.7 Å². The molecule has 2 aliphatic rings. The number of ether oxygens (including phenoxy) is 3. The van der Waals surface area contributed by atoms with E-state index in [2.05, 4.69) is 9.62 Å². The van der Waals surface area contributed by atoms with E-state index in [0.717, 1.165) is 23.6 Å². The molecule has 2 aliphatic heterocycles. The van der Waals surface area contributed by atoms with Crippen molar-refractivity contribution in [3.05, 3.63) is 47.5 Å². The van der Waals surface area contributed by atoms with Gasteiger partial charge in [-0.1, -0.05) is 6.07 Å². The molecule has 0 radical (unpaired) electrons. The van der Waals surface area contributed by atoms with E-state index in [1.807, 2.05) is 18.2 Å². The average molecular weight is 476 g/mol. The van der Waals surface area contributed by atoms with Crippen molar-refractivity contribution in [1.29, 1.82) is 0 Å². The first-order valence-corrected chi connectivity index (χ1v) is 12.3. The number of benzene rings is 2. The Hall–Kier alpha value is -2.82. The molecular formula is C23H29N3O6S. The summed E-state index contributed by atoms with van der Waals surface area (Å²) in [6.07, 6.45) is 0. The number of hydrogen-bond donors (Lipinski definition) is 1. The van der Waals surface area contributed by atoms with Crippen LogP contribution in [0.4, 0.5) is 0 Å². The largest absolute Gasteiger partial charge is 0.496 e. The van der Waals surface area contributed by atoms with Crippen LogP contribution in [0.3, 0.4) is 0 Å². The topological polar surface area (TPSA) is 97.4 Å². The van der Waals surface area contributed by atoms with Crippen LogP contribution in [0.25, 0.3) is 0 Å². The van der Waals surface area contributed by atoms with Gasteiger partial charge in [-0.3, -0.25) is 9.69 Å². The second-order valence-corrected chi connectivity index (χ2v) is 9.98. The van der Waals surface area contributed by atoms with Gasteiger partial charge in [0.05, 0.1) is 18.0 Å². The van der Waals surface area contributed by atoms with Crippen LogP contribution in [-0.4, -0.2) is 70.2 Å². The zero-order valence-corrected chi connectivity index (χ0v) is 19.9. The summed E-state index contributed by atoms with van der Waals surface area (Å²) in [4.78, 5) is 17.0. The Morgan fingerprint density at radius 3 is 2.52 bits per heavy atom. The third-order valence-corrected chi connectivity index (χ3v) is 7.44. The molecule has 1 N–H and O–H groups in total. The van der Waals surface area contributed by atoms with Crippen molar-refractivity contribution in [3.63, 3.8) is 0 Å². The molecule has 0 unspecified atom stereocenters. The number of methoxy groups -OCH3 is 1. The van der Waals surface area contributed by atoms with Crippen LogP contribution in [0, 0.1) is 6.92 Å². The van der Waals surface area contributed by atoms with Crippen molar-refractivity contribution in [2.45, 2.75) is 31.3 Å². The summed E-state index contributed by atoms with van der Waals surface area (Å²) in [5.41, 5.74) is 1.83. The number of amides is 1. The summed E-state index contributed by atoms with van der Waals surface area (Å²) < 4.78 is 44.0. The summed E-state index contributed by atoms with van der Waals surface area (Å²) in [6, 6.07) is 9.66. The second kappa shape index (κ2) is 9.58. The number of carbonyl (C=O) groups is 1. The van der Waals surface area contributed by atoms with Gasteiger partial charge in [-0.25, -0.2) is 8.42 Å².